The molecule has 1 aromatic rings. The Morgan fingerprint density at radius 2 is 1.63 bits per heavy atom. The van der Waals surface area contributed by atoms with Gasteiger partial charge in [-0.25, -0.2) is 0 Å². The quantitative estimate of drug-likeness (QED) is 0.856. The summed E-state index contributed by atoms with van der Waals surface area (Å²) < 4.78 is 0. The maximum Gasteiger partial charge on any atom is 0.303 e. The number of carboxylic acid groups (broad SMARTS) is 1. The zero-order chi connectivity index (χ0) is 14.7. The van der Waals surface area contributed by atoms with E-state index in [1.807, 2.05) is 34.6 Å². The van der Waals surface area contributed by atoms with Crippen LogP contribution < -0.4 is 0 Å². The molecule has 0 aromatic heterocycles. The molecule has 2 N–H and O–H groups in total. The molecule has 0 radical (unpaired) electrons. The van der Waals surface area contributed by atoms with Gasteiger partial charge in [0, 0.05) is 6.42 Å². The molecule has 0 aliphatic carbocycles. The summed E-state index contributed by atoms with van der Waals surface area (Å²) in [5.41, 5.74) is 5.53. The Labute approximate surface area is 115 Å². The minimum absolute atomic E-state index is 0.0351. The van der Waals surface area contributed by atoms with Crippen LogP contribution in [0.15, 0.2) is 6.07 Å². The molecule has 0 saturated carbocycles. The van der Waals surface area contributed by atoms with E-state index in [1.165, 1.54) is 11.1 Å². The highest BCUT2D eigenvalue weighted by Crippen LogP contribution is 2.31. The molecule has 0 heterocycles. The summed E-state index contributed by atoms with van der Waals surface area (Å²) in [5.74, 6) is -0.847. The third-order valence-corrected chi connectivity index (χ3v) is 3.91. The molecule has 0 bridgehead atoms. The van der Waals surface area contributed by atoms with E-state index in [0.717, 1.165) is 16.7 Å². The third kappa shape index (κ3) is 3.80. The van der Waals surface area contributed by atoms with Crippen molar-refractivity contribution in [3.05, 3.63) is 33.9 Å². The van der Waals surface area contributed by atoms with Crippen LogP contribution in [0.2, 0.25) is 0 Å². The largest absolute Gasteiger partial charge is 0.481 e. The number of carbonyl (C=O) groups is 1. The minimum Gasteiger partial charge on any atom is -0.481 e. The van der Waals surface area contributed by atoms with Crippen molar-refractivity contribution in [3.8, 4) is 0 Å². The topological polar surface area (TPSA) is 57.5 Å². The van der Waals surface area contributed by atoms with Crippen molar-refractivity contribution in [2.24, 2.45) is 5.92 Å². The average molecular weight is 264 g/mol. The van der Waals surface area contributed by atoms with E-state index in [2.05, 4.69) is 6.07 Å². The molecule has 0 saturated heterocycles. The summed E-state index contributed by atoms with van der Waals surface area (Å²) in [5, 5.41) is 19.2. The fraction of sp³-hybridized carbons (Fsp3) is 0.562. The Morgan fingerprint density at radius 3 is 2.05 bits per heavy atom. The lowest BCUT2D eigenvalue weighted by Gasteiger charge is -2.22. The predicted molar refractivity (Wildman–Crippen MR) is 76.4 cm³/mol. The molecular weight excluding hydrogens is 240 g/mol. The van der Waals surface area contributed by atoms with Gasteiger partial charge >= 0.3 is 5.97 Å². The maximum absolute atomic E-state index is 10.7. The number of hydrogen-bond donors (Lipinski definition) is 2. The van der Waals surface area contributed by atoms with Crippen LogP contribution in [-0.2, 0) is 4.79 Å². The first kappa shape index (κ1) is 15.7. The fourth-order valence-corrected chi connectivity index (χ4v) is 2.63. The second-order valence-electron chi connectivity index (χ2n) is 5.63. The van der Waals surface area contributed by atoms with E-state index in [9.17, 15) is 9.90 Å². The van der Waals surface area contributed by atoms with Crippen LogP contribution in [0.1, 0.15) is 53.7 Å². The van der Waals surface area contributed by atoms with Gasteiger partial charge in [-0.3, -0.25) is 4.79 Å². The zero-order valence-corrected chi connectivity index (χ0v) is 12.4. The predicted octanol–water partition coefficient (Wildman–Crippen LogP) is 3.45. The van der Waals surface area contributed by atoms with Gasteiger partial charge in [-0.1, -0.05) is 13.0 Å². The standard InChI is InChI=1S/C16H24O3/c1-9(7-15(18)19)6-14(17)16-12(4)10(2)8-11(3)13(16)5/h8-9,14,17H,6-7H2,1-5H3,(H,18,19). The smallest absolute Gasteiger partial charge is 0.303 e. The molecule has 1 aromatic carbocycles. The van der Waals surface area contributed by atoms with Crippen LogP contribution in [0.5, 0.6) is 0 Å². The number of hydrogen-bond acceptors (Lipinski definition) is 2. The van der Waals surface area contributed by atoms with Gasteiger partial charge in [-0.2, -0.15) is 0 Å². The molecule has 0 aliphatic heterocycles. The van der Waals surface area contributed by atoms with Gasteiger partial charge in [0.05, 0.1) is 6.10 Å². The van der Waals surface area contributed by atoms with E-state index >= 15 is 0 Å². The van der Waals surface area contributed by atoms with Gasteiger partial charge < -0.3 is 10.2 Å². The summed E-state index contributed by atoms with van der Waals surface area (Å²) in [6.45, 7) is 9.98. The molecule has 0 spiro atoms. The van der Waals surface area contributed by atoms with Gasteiger partial charge in [-0.05, 0) is 67.9 Å². The molecule has 2 atom stereocenters. The van der Waals surface area contributed by atoms with Crippen molar-refractivity contribution in [2.45, 2.75) is 53.6 Å². The van der Waals surface area contributed by atoms with Crippen LogP contribution in [0.3, 0.4) is 0 Å². The minimum atomic E-state index is -0.812. The molecule has 3 nitrogen and oxygen atoms in total. The Hall–Kier alpha value is -1.35. The van der Waals surface area contributed by atoms with E-state index in [0.29, 0.717) is 6.42 Å². The first-order chi connectivity index (χ1) is 8.73. The number of rotatable bonds is 5. The Bertz CT molecular complexity index is 451. The van der Waals surface area contributed by atoms with Crippen LogP contribution in [0, 0.1) is 33.6 Å². The molecule has 3 heteroatoms. The van der Waals surface area contributed by atoms with Crippen LogP contribution in [0.25, 0.3) is 0 Å². The van der Waals surface area contributed by atoms with Crippen molar-refractivity contribution < 1.29 is 15.0 Å². The number of aliphatic carboxylic acids is 1. The third-order valence-electron chi connectivity index (χ3n) is 3.91. The SMILES string of the molecule is Cc1cc(C)c(C)c(C(O)CC(C)CC(=O)O)c1C. The summed E-state index contributed by atoms with van der Waals surface area (Å²) in [6.07, 6.45) is -0.00968. The number of aryl methyl sites for hydroxylation is 2. The fourth-order valence-electron chi connectivity index (χ4n) is 2.63. The molecule has 2 unspecified atom stereocenters. The lowest BCUT2D eigenvalue weighted by Crippen LogP contribution is -2.12. The molecule has 0 fully saturated rings. The van der Waals surface area contributed by atoms with E-state index in [-0.39, 0.29) is 12.3 Å². The Balaban J connectivity index is 2.99. The second kappa shape index (κ2) is 6.20. The van der Waals surface area contributed by atoms with Gasteiger partial charge in [0.25, 0.3) is 0 Å². The van der Waals surface area contributed by atoms with Crippen molar-refractivity contribution >= 4 is 5.97 Å². The maximum atomic E-state index is 10.7. The molecule has 19 heavy (non-hydrogen) atoms. The van der Waals surface area contributed by atoms with Gasteiger partial charge in [0.2, 0.25) is 0 Å². The molecular formula is C16H24O3. The summed E-state index contributed by atoms with van der Waals surface area (Å²) in [4.78, 5) is 10.7. The highest BCUT2D eigenvalue weighted by molar-refractivity contribution is 5.66. The van der Waals surface area contributed by atoms with Crippen LogP contribution in [-0.4, -0.2) is 16.2 Å². The monoisotopic (exact) mass is 264 g/mol. The van der Waals surface area contributed by atoms with Crippen LogP contribution >= 0.6 is 0 Å². The molecule has 1 rings (SSSR count). The first-order valence-electron chi connectivity index (χ1n) is 6.71. The van der Waals surface area contributed by atoms with Gasteiger partial charge in [0.15, 0.2) is 0 Å². The van der Waals surface area contributed by atoms with Crippen molar-refractivity contribution in [3.63, 3.8) is 0 Å². The number of benzene rings is 1. The van der Waals surface area contributed by atoms with Crippen molar-refractivity contribution in [2.75, 3.05) is 0 Å². The van der Waals surface area contributed by atoms with E-state index in [1.54, 1.807) is 0 Å². The van der Waals surface area contributed by atoms with Gasteiger partial charge in [0.1, 0.15) is 0 Å². The average Bonchev–Trinajstić information content (AvgIpc) is 2.25. The van der Waals surface area contributed by atoms with E-state index < -0.39 is 12.1 Å². The normalized spacial score (nSPS) is 14.2. The first-order valence-corrected chi connectivity index (χ1v) is 6.71. The lowest BCUT2D eigenvalue weighted by atomic mass is 9.87. The molecule has 0 amide bonds. The zero-order valence-electron chi connectivity index (χ0n) is 12.4. The molecule has 106 valence electrons. The van der Waals surface area contributed by atoms with Gasteiger partial charge in [-0.15, -0.1) is 0 Å². The van der Waals surface area contributed by atoms with Crippen LogP contribution in [0.4, 0.5) is 0 Å². The van der Waals surface area contributed by atoms with Crippen molar-refractivity contribution in [1.82, 2.24) is 0 Å². The van der Waals surface area contributed by atoms with E-state index in [4.69, 9.17) is 5.11 Å². The Morgan fingerprint density at radius 1 is 1.16 bits per heavy atom. The number of carboxylic acids is 1. The highest BCUT2D eigenvalue weighted by atomic mass is 16.4. The summed E-state index contributed by atoms with van der Waals surface area (Å²) in [7, 11) is 0. The summed E-state index contributed by atoms with van der Waals surface area (Å²) in [6, 6.07) is 2.13. The summed E-state index contributed by atoms with van der Waals surface area (Å²) >= 11 is 0. The number of aliphatic hydroxyl groups is 1. The van der Waals surface area contributed by atoms with Crippen molar-refractivity contribution in [1.29, 1.82) is 0 Å². The second-order valence-corrected chi connectivity index (χ2v) is 5.63. The lowest BCUT2D eigenvalue weighted by molar-refractivity contribution is -0.138. The number of aliphatic hydroxyl groups excluding tert-OH is 1. The Kier molecular flexibility index (Phi) is 5.12. The molecule has 0 aliphatic rings. The highest BCUT2D eigenvalue weighted by Gasteiger charge is 2.20.